The predicted octanol–water partition coefficient (Wildman–Crippen LogP) is -1.33. The van der Waals surface area contributed by atoms with Gasteiger partial charge in [0.15, 0.2) is 5.85 Å². The molecular weight excluding hydrogens is 120 g/mol. The number of hydrogen-bond donors (Lipinski definition) is 3. The van der Waals surface area contributed by atoms with Gasteiger partial charge in [-0.25, -0.2) is 0 Å². The molecule has 0 aromatic rings. The van der Waals surface area contributed by atoms with Crippen LogP contribution in [0.2, 0.25) is 0 Å². The van der Waals surface area contributed by atoms with Gasteiger partial charge in [0.05, 0.1) is 0 Å². The number of carbonyl (C=O) groups excluding carboxylic acids is 1. The highest BCUT2D eigenvalue weighted by molar-refractivity contribution is 5.88. The fraction of sp³-hybridized carbons (Fsp3) is 0.400. The summed E-state index contributed by atoms with van der Waals surface area (Å²) in [4.78, 5) is 10.4. The molecule has 0 spiro atoms. The zero-order chi connectivity index (χ0) is 6.91. The summed E-state index contributed by atoms with van der Waals surface area (Å²) >= 11 is 0. The number of rotatable bonds is 0. The highest BCUT2D eigenvalue weighted by atomic mass is 16.3. The average Bonchev–Trinajstić information content (AvgIpc) is 1.60. The summed E-state index contributed by atoms with van der Waals surface area (Å²) in [6.45, 7) is 0. The fourth-order valence-corrected chi connectivity index (χ4v) is 0.652. The summed E-state index contributed by atoms with van der Waals surface area (Å²) in [5, 5.41) is 11.1. The second-order valence-electron chi connectivity index (χ2n) is 2.02. The quantitative estimate of drug-likeness (QED) is 0.354. The molecule has 1 atom stereocenters. The molecule has 4 heteroatoms. The molecule has 0 aromatic carbocycles. The van der Waals surface area contributed by atoms with E-state index in [-0.39, 0.29) is 12.3 Å². The van der Waals surface area contributed by atoms with E-state index in [9.17, 15) is 4.79 Å². The van der Waals surface area contributed by atoms with Crippen molar-refractivity contribution in [2.24, 2.45) is 5.73 Å². The second kappa shape index (κ2) is 1.82. The molecule has 1 aliphatic rings. The third kappa shape index (κ3) is 1.51. The summed E-state index contributed by atoms with van der Waals surface area (Å²) in [7, 11) is 0. The Labute approximate surface area is 52.3 Å². The van der Waals surface area contributed by atoms with Crippen molar-refractivity contribution in [3.8, 4) is 0 Å². The number of carbonyl (C=O) groups is 1. The van der Waals surface area contributed by atoms with Gasteiger partial charge in [0, 0.05) is 6.42 Å². The highest BCUT2D eigenvalue weighted by Gasteiger charge is 2.23. The van der Waals surface area contributed by atoms with Gasteiger partial charge in [-0.1, -0.05) is 6.08 Å². The van der Waals surface area contributed by atoms with Crippen LogP contribution in [0.15, 0.2) is 12.2 Å². The van der Waals surface area contributed by atoms with E-state index in [4.69, 9.17) is 10.8 Å². The molecular formula is C5H8N2O2. The molecule has 1 rings (SSSR count). The molecule has 0 saturated heterocycles. The van der Waals surface area contributed by atoms with E-state index in [0.29, 0.717) is 0 Å². The van der Waals surface area contributed by atoms with Crippen LogP contribution in [0.3, 0.4) is 0 Å². The molecule has 0 radical (unpaired) electrons. The monoisotopic (exact) mass is 128 g/mol. The summed E-state index contributed by atoms with van der Waals surface area (Å²) in [5.41, 5.74) is 5.14. The first-order chi connectivity index (χ1) is 4.10. The van der Waals surface area contributed by atoms with Crippen LogP contribution in [0.25, 0.3) is 0 Å². The molecule has 50 valence electrons. The SMILES string of the molecule is NC1(O)CC=CC(=O)N1. The first-order valence-corrected chi connectivity index (χ1v) is 2.60. The average molecular weight is 128 g/mol. The number of nitrogens with one attached hydrogen (secondary N) is 1. The molecule has 4 N–H and O–H groups in total. The molecule has 0 saturated carbocycles. The lowest BCUT2D eigenvalue weighted by atomic mass is 10.2. The second-order valence-corrected chi connectivity index (χ2v) is 2.02. The van der Waals surface area contributed by atoms with Crippen molar-refractivity contribution in [3.63, 3.8) is 0 Å². The fourth-order valence-electron chi connectivity index (χ4n) is 0.652. The van der Waals surface area contributed by atoms with Crippen molar-refractivity contribution in [2.75, 3.05) is 0 Å². The van der Waals surface area contributed by atoms with Crippen LogP contribution in [0.5, 0.6) is 0 Å². The zero-order valence-corrected chi connectivity index (χ0v) is 4.79. The molecule has 9 heavy (non-hydrogen) atoms. The van der Waals surface area contributed by atoms with Crippen molar-refractivity contribution in [2.45, 2.75) is 12.3 Å². The Morgan fingerprint density at radius 1 is 1.89 bits per heavy atom. The minimum atomic E-state index is -1.54. The van der Waals surface area contributed by atoms with E-state index in [0.717, 1.165) is 0 Å². The van der Waals surface area contributed by atoms with Crippen molar-refractivity contribution in [3.05, 3.63) is 12.2 Å². The third-order valence-corrected chi connectivity index (χ3v) is 1.04. The van der Waals surface area contributed by atoms with Gasteiger partial charge in [0.25, 0.3) is 0 Å². The maximum Gasteiger partial charge on any atom is 0.246 e. The van der Waals surface area contributed by atoms with Gasteiger partial charge in [0.1, 0.15) is 0 Å². The number of amides is 1. The van der Waals surface area contributed by atoms with Crippen LogP contribution in [0, 0.1) is 0 Å². The number of aliphatic hydroxyl groups is 1. The van der Waals surface area contributed by atoms with Gasteiger partial charge in [-0.2, -0.15) is 0 Å². The predicted molar refractivity (Wildman–Crippen MR) is 31.0 cm³/mol. The molecule has 0 aromatic heterocycles. The Kier molecular flexibility index (Phi) is 1.27. The lowest BCUT2D eigenvalue weighted by Gasteiger charge is -2.24. The Morgan fingerprint density at radius 3 is 2.89 bits per heavy atom. The first kappa shape index (κ1) is 6.25. The Bertz CT molecular complexity index is 162. The van der Waals surface area contributed by atoms with Crippen LogP contribution in [-0.2, 0) is 4.79 Å². The van der Waals surface area contributed by atoms with Gasteiger partial charge >= 0.3 is 0 Å². The maximum atomic E-state index is 10.4. The van der Waals surface area contributed by atoms with Crippen LogP contribution in [0.1, 0.15) is 6.42 Å². The molecule has 1 unspecified atom stereocenters. The van der Waals surface area contributed by atoms with E-state index < -0.39 is 5.85 Å². The first-order valence-electron chi connectivity index (χ1n) is 2.60. The number of hydrogen-bond acceptors (Lipinski definition) is 3. The van der Waals surface area contributed by atoms with Gasteiger partial charge in [-0.15, -0.1) is 0 Å². The van der Waals surface area contributed by atoms with E-state index >= 15 is 0 Å². The van der Waals surface area contributed by atoms with Gasteiger partial charge in [-0.3, -0.25) is 10.5 Å². The number of nitrogens with two attached hydrogens (primary N) is 1. The third-order valence-electron chi connectivity index (χ3n) is 1.04. The van der Waals surface area contributed by atoms with Crippen molar-refractivity contribution >= 4 is 5.91 Å². The van der Waals surface area contributed by atoms with Crippen LogP contribution in [0.4, 0.5) is 0 Å². The van der Waals surface area contributed by atoms with Crippen LogP contribution in [-0.4, -0.2) is 16.9 Å². The molecule has 0 aliphatic carbocycles. The lowest BCUT2D eigenvalue weighted by molar-refractivity contribution is -0.124. The summed E-state index contributed by atoms with van der Waals surface area (Å²) in [6, 6.07) is 0. The van der Waals surface area contributed by atoms with Crippen molar-refractivity contribution < 1.29 is 9.90 Å². The molecule has 1 aliphatic heterocycles. The Hall–Kier alpha value is -0.870. The summed E-state index contributed by atoms with van der Waals surface area (Å²) in [5.74, 6) is -1.89. The summed E-state index contributed by atoms with van der Waals surface area (Å²) < 4.78 is 0. The minimum Gasteiger partial charge on any atom is -0.358 e. The molecule has 1 heterocycles. The topological polar surface area (TPSA) is 75.3 Å². The Morgan fingerprint density at radius 2 is 2.56 bits per heavy atom. The molecule has 4 nitrogen and oxygen atoms in total. The zero-order valence-electron chi connectivity index (χ0n) is 4.79. The standard InChI is InChI=1S/C5H8N2O2/c6-5(9)3-1-2-4(8)7-5/h1-2,9H,3,6H2,(H,7,8). The van der Waals surface area contributed by atoms with E-state index in [1.807, 2.05) is 0 Å². The van der Waals surface area contributed by atoms with Gasteiger partial charge in [0.2, 0.25) is 5.91 Å². The van der Waals surface area contributed by atoms with Crippen LogP contribution >= 0.6 is 0 Å². The summed E-state index contributed by atoms with van der Waals surface area (Å²) in [6.07, 6.45) is 3.12. The van der Waals surface area contributed by atoms with E-state index in [1.165, 1.54) is 12.2 Å². The van der Waals surface area contributed by atoms with Crippen molar-refractivity contribution in [1.82, 2.24) is 5.32 Å². The van der Waals surface area contributed by atoms with E-state index in [2.05, 4.69) is 5.32 Å². The molecule has 0 bridgehead atoms. The van der Waals surface area contributed by atoms with Crippen LogP contribution < -0.4 is 11.1 Å². The highest BCUT2D eigenvalue weighted by Crippen LogP contribution is 2.03. The maximum absolute atomic E-state index is 10.4. The van der Waals surface area contributed by atoms with Crippen molar-refractivity contribution in [1.29, 1.82) is 0 Å². The van der Waals surface area contributed by atoms with Gasteiger partial charge in [-0.05, 0) is 6.08 Å². The molecule has 0 fully saturated rings. The lowest BCUT2D eigenvalue weighted by Crippen LogP contribution is -2.56. The smallest absolute Gasteiger partial charge is 0.246 e. The minimum absolute atomic E-state index is 0.263. The Balaban J connectivity index is 2.68. The van der Waals surface area contributed by atoms with E-state index in [1.54, 1.807) is 0 Å². The van der Waals surface area contributed by atoms with Gasteiger partial charge < -0.3 is 10.4 Å². The largest absolute Gasteiger partial charge is 0.358 e. The normalized spacial score (nSPS) is 34.2. The molecule has 1 amide bonds.